The van der Waals surface area contributed by atoms with Gasteiger partial charge in [0.25, 0.3) is 0 Å². The molecular formula is C18H23N7. The molecule has 0 spiro atoms. The van der Waals surface area contributed by atoms with Gasteiger partial charge >= 0.3 is 0 Å². The van der Waals surface area contributed by atoms with E-state index in [9.17, 15) is 0 Å². The van der Waals surface area contributed by atoms with Crippen LogP contribution < -0.4 is 0 Å². The van der Waals surface area contributed by atoms with Crippen LogP contribution in [0.25, 0.3) is 0 Å². The van der Waals surface area contributed by atoms with Gasteiger partial charge in [0.2, 0.25) is 0 Å². The summed E-state index contributed by atoms with van der Waals surface area (Å²) in [5.74, 6) is 1.68. The van der Waals surface area contributed by atoms with E-state index in [1.54, 1.807) is 6.20 Å². The number of aromatic nitrogens is 6. The van der Waals surface area contributed by atoms with E-state index in [1.165, 1.54) is 18.7 Å². The Kier molecular flexibility index (Phi) is 4.56. The van der Waals surface area contributed by atoms with Gasteiger partial charge in [-0.05, 0) is 31.0 Å². The summed E-state index contributed by atoms with van der Waals surface area (Å²) in [7, 11) is 2.07. The molecule has 4 rings (SSSR count). The average Bonchev–Trinajstić information content (AvgIpc) is 3.25. The van der Waals surface area contributed by atoms with Crippen LogP contribution in [0, 0.1) is 0 Å². The summed E-state index contributed by atoms with van der Waals surface area (Å²) in [5.41, 5.74) is 2.15. The van der Waals surface area contributed by atoms with Gasteiger partial charge in [0.15, 0.2) is 0 Å². The lowest BCUT2D eigenvalue weighted by molar-refractivity contribution is 0.193. The van der Waals surface area contributed by atoms with Gasteiger partial charge in [-0.25, -0.2) is 9.67 Å². The van der Waals surface area contributed by atoms with Crippen LogP contribution in [0.2, 0.25) is 0 Å². The molecule has 3 aromatic heterocycles. The molecule has 3 aromatic rings. The maximum Gasteiger partial charge on any atom is 0.112 e. The molecule has 130 valence electrons. The summed E-state index contributed by atoms with van der Waals surface area (Å²) in [6.45, 7) is 3.68. The number of piperidine rings is 1. The third-order valence-electron chi connectivity index (χ3n) is 4.77. The third kappa shape index (κ3) is 3.76. The van der Waals surface area contributed by atoms with Crippen LogP contribution in [0.5, 0.6) is 0 Å². The van der Waals surface area contributed by atoms with E-state index in [1.807, 2.05) is 35.5 Å². The molecule has 1 fully saturated rings. The first-order valence-corrected chi connectivity index (χ1v) is 8.75. The second-order valence-corrected chi connectivity index (χ2v) is 6.74. The zero-order valence-corrected chi connectivity index (χ0v) is 14.5. The summed E-state index contributed by atoms with van der Waals surface area (Å²) < 4.78 is 4.02. The Morgan fingerprint density at radius 1 is 1.24 bits per heavy atom. The van der Waals surface area contributed by atoms with Crippen molar-refractivity contribution in [3.8, 4) is 0 Å². The molecule has 0 aliphatic carbocycles. The Labute approximate surface area is 147 Å². The number of hydrogen-bond acceptors (Lipinski definition) is 5. The molecule has 4 heterocycles. The predicted molar refractivity (Wildman–Crippen MR) is 93.8 cm³/mol. The number of imidazole rings is 1. The van der Waals surface area contributed by atoms with E-state index in [-0.39, 0.29) is 0 Å². The zero-order valence-electron chi connectivity index (χ0n) is 14.5. The van der Waals surface area contributed by atoms with Gasteiger partial charge in [-0.15, -0.1) is 5.10 Å². The van der Waals surface area contributed by atoms with E-state index in [0.29, 0.717) is 12.5 Å². The predicted octanol–water partition coefficient (Wildman–Crippen LogP) is 1.83. The Balaban J connectivity index is 1.38. The molecule has 0 amide bonds. The van der Waals surface area contributed by atoms with E-state index in [4.69, 9.17) is 0 Å². The molecule has 1 unspecified atom stereocenters. The number of rotatable bonds is 5. The molecule has 7 heteroatoms. The summed E-state index contributed by atoms with van der Waals surface area (Å²) >= 11 is 0. The first-order chi connectivity index (χ1) is 12.3. The molecule has 1 aliphatic rings. The molecule has 0 saturated carbocycles. The largest absolute Gasteiger partial charge is 0.338 e. The quantitative estimate of drug-likeness (QED) is 0.711. The topological polar surface area (TPSA) is 64.7 Å². The first kappa shape index (κ1) is 16.0. The monoisotopic (exact) mass is 337 g/mol. The summed E-state index contributed by atoms with van der Waals surface area (Å²) in [5, 5.41) is 8.60. The van der Waals surface area contributed by atoms with E-state index < -0.39 is 0 Å². The number of nitrogens with zero attached hydrogens (tertiary/aromatic N) is 7. The smallest absolute Gasteiger partial charge is 0.112 e. The molecule has 1 saturated heterocycles. The van der Waals surface area contributed by atoms with Crippen LogP contribution in [0.1, 0.15) is 35.8 Å². The fraction of sp³-hybridized carbons (Fsp3) is 0.444. The lowest BCUT2D eigenvalue weighted by Crippen LogP contribution is -2.34. The minimum absolute atomic E-state index is 0.499. The van der Waals surface area contributed by atoms with Crippen molar-refractivity contribution in [3.05, 3.63) is 60.2 Å². The second kappa shape index (κ2) is 7.14. The SMILES string of the molecule is Cn1ccnc1C1CCCN(Cc2cn(Cc3cccnc3)nn2)C1. The highest BCUT2D eigenvalue weighted by Gasteiger charge is 2.24. The molecule has 0 N–H and O–H groups in total. The molecule has 0 aromatic carbocycles. The summed E-state index contributed by atoms with van der Waals surface area (Å²) in [6.07, 6.45) is 12.0. The van der Waals surface area contributed by atoms with Gasteiger partial charge in [0, 0.05) is 50.8 Å². The molecule has 0 radical (unpaired) electrons. The van der Waals surface area contributed by atoms with E-state index in [0.717, 1.165) is 30.9 Å². The number of pyridine rings is 1. The summed E-state index contributed by atoms with van der Waals surface area (Å²) in [4.78, 5) is 11.1. The van der Waals surface area contributed by atoms with Crippen LogP contribution in [0.15, 0.2) is 43.1 Å². The normalized spacial score (nSPS) is 18.5. The van der Waals surface area contributed by atoms with Crippen molar-refractivity contribution in [3.63, 3.8) is 0 Å². The first-order valence-electron chi connectivity index (χ1n) is 8.75. The van der Waals surface area contributed by atoms with Crippen LogP contribution in [-0.4, -0.2) is 47.5 Å². The minimum Gasteiger partial charge on any atom is -0.338 e. The average molecular weight is 337 g/mol. The van der Waals surface area contributed by atoms with E-state index >= 15 is 0 Å². The van der Waals surface area contributed by atoms with Crippen molar-refractivity contribution >= 4 is 0 Å². The fourth-order valence-corrected chi connectivity index (χ4v) is 3.58. The van der Waals surface area contributed by atoms with Gasteiger partial charge in [0.1, 0.15) is 5.82 Å². The van der Waals surface area contributed by atoms with Gasteiger partial charge in [-0.3, -0.25) is 9.88 Å². The van der Waals surface area contributed by atoms with Gasteiger partial charge in [-0.1, -0.05) is 11.3 Å². The van der Waals surface area contributed by atoms with Crippen molar-refractivity contribution in [2.45, 2.75) is 31.8 Å². The molecule has 1 atom stereocenters. The number of likely N-dealkylation sites (tertiary alicyclic amines) is 1. The Hall–Kier alpha value is -2.54. The van der Waals surface area contributed by atoms with Crippen LogP contribution in [0.4, 0.5) is 0 Å². The van der Waals surface area contributed by atoms with Crippen molar-refractivity contribution in [1.29, 1.82) is 0 Å². The molecule has 1 aliphatic heterocycles. The Bertz CT molecular complexity index is 808. The van der Waals surface area contributed by atoms with Crippen LogP contribution in [-0.2, 0) is 20.1 Å². The standard InChI is InChI=1S/C18H23N7/c1-23-9-7-20-18(23)16-5-3-8-24(12-16)13-17-14-25(22-21-17)11-15-4-2-6-19-10-15/h2,4,6-7,9-10,14,16H,3,5,8,11-13H2,1H3. The highest BCUT2D eigenvalue weighted by Crippen LogP contribution is 2.26. The van der Waals surface area contributed by atoms with Crippen molar-refractivity contribution < 1.29 is 0 Å². The van der Waals surface area contributed by atoms with Crippen molar-refractivity contribution in [1.82, 2.24) is 34.4 Å². The molecule has 25 heavy (non-hydrogen) atoms. The highest BCUT2D eigenvalue weighted by atomic mass is 15.4. The van der Waals surface area contributed by atoms with E-state index in [2.05, 4.69) is 42.9 Å². The zero-order chi connectivity index (χ0) is 17.1. The molecular weight excluding hydrogens is 314 g/mol. The highest BCUT2D eigenvalue weighted by molar-refractivity contribution is 5.09. The van der Waals surface area contributed by atoms with Crippen LogP contribution in [0.3, 0.4) is 0 Å². The lowest BCUT2D eigenvalue weighted by Gasteiger charge is -2.31. The maximum absolute atomic E-state index is 4.53. The minimum atomic E-state index is 0.499. The fourth-order valence-electron chi connectivity index (χ4n) is 3.58. The third-order valence-corrected chi connectivity index (χ3v) is 4.77. The van der Waals surface area contributed by atoms with Crippen molar-refractivity contribution in [2.24, 2.45) is 7.05 Å². The van der Waals surface area contributed by atoms with Gasteiger partial charge in [0.05, 0.1) is 18.4 Å². The van der Waals surface area contributed by atoms with Gasteiger partial charge < -0.3 is 4.57 Å². The lowest BCUT2D eigenvalue weighted by atomic mass is 9.97. The van der Waals surface area contributed by atoms with Gasteiger partial charge in [-0.2, -0.15) is 0 Å². The Morgan fingerprint density at radius 2 is 2.20 bits per heavy atom. The maximum atomic E-state index is 4.53. The summed E-state index contributed by atoms with van der Waals surface area (Å²) in [6, 6.07) is 4.00. The number of hydrogen-bond donors (Lipinski definition) is 0. The Morgan fingerprint density at radius 3 is 3.00 bits per heavy atom. The van der Waals surface area contributed by atoms with Crippen LogP contribution >= 0.6 is 0 Å². The molecule has 7 nitrogen and oxygen atoms in total. The molecule has 0 bridgehead atoms. The number of aryl methyl sites for hydroxylation is 1. The second-order valence-electron chi connectivity index (χ2n) is 6.74. The van der Waals surface area contributed by atoms with Crippen molar-refractivity contribution in [2.75, 3.05) is 13.1 Å².